The van der Waals surface area contributed by atoms with Crippen molar-refractivity contribution in [3.63, 3.8) is 0 Å². The topological polar surface area (TPSA) is 46.2 Å². The Balaban J connectivity index is 1.09. The third kappa shape index (κ3) is 7.20. The fourth-order valence-electron chi connectivity index (χ4n) is 4.29. The van der Waals surface area contributed by atoms with Crippen LogP contribution in [0, 0.1) is 5.92 Å². The summed E-state index contributed by atoms with van der Waals surface area (Å²) in [6.45, 7) is 5.94. The molecule has 0 aromatic heterocycles. The molecular weight excluding hydrogens is 416 g/mol. The van der Waals surface area contributed by atoms with E-state index in [1.807, 2.05) is 12.1 Å². The van der Waals surface area contributed by atoms with Crippen molar-refractivity contribution in [3.05, 3.63) is 48.5 Å². The first kappa shape index (κ1) is 24.1. The molecule has 2 aromatic carbocycles. The van der Waals surface area contributed by atoms with Crippen LogP contribution in [-0.4, -0.2) is 39.0 Å². The molecule has 33 heavy (non-hydrogen) atoms. The van der Waals surface area contributed by atoms with E-state index in [0.717, 1.165) is 89.5 Å². The van der Waals surface area contributed by atoms with Gasteiger partial charge in [-0.1, -0.05) is 50.5 Å². The molecule has 0 amide bonds. The average Bonchev–Trinajstić information content (AvgIpc) is 3.31. The van der Waals surface area contributed by atoms with E-state index < -0.39 is 5.97 Å². The van der Waals surface area contributed by atoms with Crippen LogP contribution >= 0.6 is 0 Å². The lowest BCUT2D eigenvalue weighted by atomic mass is 10.0. The Kier molecular flexibility index (Phi) is 9.04. The molecule has 4 rings (SSSR count). The number of rotatable bonds is 12. The minimum absolute atomic E-state index is 0.477. The lowest BCUT2D eigenvalue weighted by Gasteiger charge is -2.36. The second kappa shape index (κ2) is 12.4. The molecule has 5 nitrogen and oxygen atoms in total. The molecule has 0 aliphatic carbocycles. The van der Waals surface area contributed by atoms with Gasteiger partial charge in [-0.05, 0) is 61.1 Å². The maximum Gasteiger partial charge on any atom is 0.282 e. The van der Waals surface area contributed by atoms with Crippen LogP contribution in [0.4, 0.5) is 0 Å². The minimum atomic E-state index is -0.716. The number of unbranched alkanes of at least 4 members (excludes halogenated alkanes) is 3. The van der Waals surface area contributed by atoms with Gasteiger partial charge in [0.15, 0.2) is 0 Å². The van der Waals surface area contributed by atoms with Crippen LogP contribution in [0.1, 0.15) is 58.3 Å². The highest BCUT2D eigenvalue weighted by molar-refractivity contribution is 5.64. The average molecular weight is 455 g/mol. The summed E-state index contributed by atoms with van der Waals surface area (Å²) in [4.78, 5) is 0. The first-order valence-corrected chi connectivity index (χ1v) is 12.6. The van der Waals surface area contributed by atoms with Crippen LogP contribution in [-0.2, 0) is 14.2 Å². The molecule has 2 aliphatic heterocycles. The van der Waals surface area contributed by atoms with Gasteiger partial charge in [-0.2, -0.15) is 0 Å². The van der Waals surface area contributed by atoms with E-state index >= 15 is 0 Å². The van der Waals surface area contributed by atoms with Crippen molar-refractivity contribution in [2.24, 2.45) is 5.92 Å². The fraction of sp³-hybridized carbons (Fsp3) is 0.571. The molecule has 0 radical (unpaired) electrons. The summed E-state index contributed by atoms with van der Waals surface area (Å²) in [6.07, 6.45) is 8.64. The third-order valence-electron chi connectivity index (χ3n) is 6.36. The van der Waals surface area contributed by atoms with Crippen LogP contribution in [0.5, 0.6) is 11.5 Å². The van der Waals surface area contributed by atoms with Gasteiger partial charge in [0.1, 0.15) is 11.5 Å². The smallest absolute Gasteiger partial charge is 0.282 e. The molecule has 0 saturated carbocycles. The van der Waals surface area contributed by atoms with Gasteiger partial charge in [0.2, 0.25) is 0 Å². The van der Waals surface area contributed by atoms with Gasteiger partial charge in [-0.25, -0.2) is 0 Å². The monoisotopic (exact) mass is 454 g/mol. The molecule has 2 heterocycles. The number of hydrogen-bond acceptors (Lipinski definition) is 5. The summed E-state index contributed by atoms with van der Waals surface area (Å²) >= 11 is 0. The largest absolute Gasteiger partial charge is 0.494 e. The van der Waals surface area contributed by atoms with Crippen molar-refractivity contribution in [2.75, 3.05) is 33.0 Å². The van der Waals surface area contributed by atoms with Crippen molar-refractivity contribution in [3.8, 4) is 22.6 Å². The van der Waals surface area contributed by atoms with E-state index in [4.69, 9.17) is 23.7 Å². The van der Waals surface area contributed by atoms with Gasteiger partial charge in [0, 0.05) is 12.3 Å². The highest BCUT2D eigenvalue weighted by Gasteiger charge is 2.41. The maximum absolute atomic E-state index is 5.94. The summed E-state index contributed by atoms with van der Waals surface area (Å²) in [6, 6.07) is 16.7. The van der Waals surface area contributed by atoms with Gasteiger partial charge in [-0.15, -0.1) is 0 Å². The van der Waals surface area contributed by atoms with E-state index in [0.29, 0.717) is 5.92 Å². The molecule has 0 unspecified atom stereocenters. The van der Waals surface area contributed by atoms with Crippen LogP contribution in [0.15, 0.2) is 48.5 Å². The van der Waals surface area contributed by atoms with Gasteiger partial charge < -0.3 is 23.7 Å². The predicted molar refractivity (Wildman–Crippen MR) is 130 cm³/mol. The molecule has 0 bridgehead atoms. The van der Waals surface area contributed by atoms with E-state index in [2.05, 4.69) is 43.3 Å². The molecule has 0 atom stereocenters. The molecule has 5 heteroatoms. The Labute approximate surface area is 198 Å². The van der Waals surface area contributed by atoms with Gasteiger partial charge >= 0.3 is 0 Å². The van der Waals surface area contributed by atoms with Crippen LogP contribution in [0.3, 0.4) is 0 Å². The summed E-state index contributed by atoms with van der Waals surface area (Å²) in [5.41, 5.74) is 2.37. The summed E-state index contributed by atoms with van der Waals surface area (Å²) < 4.78 is 29.0. The van der Waals surface area contributed by atoms with Gasteiger partial charge in [0.05, 0.1) is 33.0 Å². The summed E-state index contributed by atoms with van der Waals surface area (Å²) in [5.74, 6) is 1.62. The van der Waals surface area contributed by atoms with Crippen LogP contribution in [0.2, 0.25) is 0 Å². The SMILES string of the molecule is CCCCOc1ccc(-c2ccc(OCCCCCC3COC4(CCCO4)OC3)cc2)cc1. The summed E-state index contributed by atoms with van der Waals surface area (Å²) in [7, 11) is 0. The van der Waals surface area contributed by atoms with E-state index in [1.165, 1.54) is 17.5 Å². The lowest BCUT2D eigenvalue weighted by molar-refractivity contribution is -0.390. The zero-order valence-electron chi connectivity index (χ0n) is 19.9. The van der Waals surface area contributed by atoms with Gasteiger partial charge in [0.25, 0.3) is 5.97 Å². The molecule has 2 fully saturated rings. The maximum atomic E-state index is 5.94. The molecule has 2 aromatic rings. The number of benzene rings is 2. The normalized spacial score (nSPS) is 22.5. The summed E-state index contributed by atoms with van der Waals surface area (Å²) in [5, 5.41) is 0. The Hall–Kier alpha value is -2.08. The Morgan fingerprint density at radius 1 is 0.758 bits per heavy atom. The Morgan fingerprint density at radius 2 is 1.36 bits per heavy atom. The second-order valence-electron chi connectivity index (χ2n) is 9.07. The predicted octanol–water partition coefficient (Wildman–Crippen LogP) is 6.60. The molecule has 1 spiro atoms. The van der Waals surface area contributed by atoms with Crippen LogP contribution in [0.25, 0.3) is 11.1 Å². The lowest BCUT2D eigenvalue weighted by Crippen LogP contribution is -2.43. The van der Waals surface area contributed by atoms with Crippen molar-refractivity contribution in [1.82, 2.24) is 0 Å². The highest BCUT2D eigenvalue weighted by atomic mass is 16.9. The second-order valence-corrected chi connectivity index (χ2v) is 9.07. The van der Waals surface area contributed by atoms with Crippen LogP contribution < -0.4 is 9.47 Å². The molecule has 2 saturated heterocycles. The van der Waals surface area contributed by atoms with E-state index in [1.54, 1.807) is 0 Å². The highest BCUT2D eigenvalue weighted by Crippen LogP contribution is 2.33. The zero-order valence-corrected chi connectivity index (χ0v) is 19.9. The molecule has 0 N–H and O–H groups in total. The van der Waals surface area contributed by atoms with Crippen molar-refractivity contribution < 1.29 is 23.7 Å². The Bertz CT molecular complexity index is 801. The third-order valence-corrected chi connectivity index (χ3v) is 6.36. The van der Waals surface area contributed by atoms with E-state index in [-0.39, 0.29) is 0 Å². The minimum Gasteiger partial charge on any atom is -0.494 e. The molecule has 2 aliphatic rings. The number of ether oxygens (including phenoxy) is 5. The molecule has 180 valence electrons. The van der Waals surface area contributed by atoms with E-state index in [9.17, 15) is 0 Å². The first-order chi connectivity index (χ1) is 16.3. The first-order valence-electron chi connectivity index (χ1n) is 12.6. The zero-order chi connectivity index (χ0) is 22.8. The standard InChI is InChI=1S/C28H38O5/c1-2-3-18-29-26-13-9-24(10-14-26)25-11-15-27(16-12-25)30-19-6-4-5-8-23-21-32-28(33-22-23)17-7-20-31-28/h9-16,23H,2-8,17-22H2,1H3. The van der Waals surface area contributed by atoms with Crippen molar-refractivity contribution in [1.29, 1.82) is 0 Å². The quantitative estimate of drug-likeness (QED) is 0.338. The van der Waals surface area contributed by atoms with Crippen molar-refractivity contribution in [2.45, 2.75) is 64.3 Å². The van der Waals surface area contributed by atoms with Crippen molar-refractivity contribution >= 4 is 0 Å². The molecular formula is C28H38O5. The Morgan fingerprint density at radius 3 is 1.91 bits per heavy atom. The number of hydrogen-bond donors (Lipinski definition) is 0. The van der Waals surface area contributed by atoms with Gasteiger partial charge in [-0.3, -0.25) is 0 Å². The fourth-order valence-corrected chi connectivity index (χ4v) is 4.29.